The highest BCUT2D eigenvalue weighted by Crippen LogP contribution is 2.41. The van der Waals surface area contributed by atoms with E-state index < -0.39 is 0 Å². The molecular weight excluding hydrogens is 355 g/mol. The first kappa shape index (κ1) is 12.7. The maximum absolute atomic E-state index is 6.05. The Morgan fingerprint density at radius 1 is 1.39 bits per heavy atom. The van der Waals surface area contributed by atoms with Crippen LogP contribution in [-0.4, -0.2) is 4.98 Å². The number of rotatable bonds is 2. The lowest BCUT2D eigenvalue weighted by atomic mass is 10.1. The van der Waals surface area contributed by atoms with Crippen molar-refractivity contribution in [3.63, 3.8) is 0 Å². The van der Waals surface area contributed by atoms with Crippen LogP contribution in [0.5, 0.6) is 0 Å². The van der Waals surface area contributed by atoms with Crippen LogP contribution >= 0.6 is 50.5 Å². The lowest BCUT2D eigenvalue weighted by molar-refractivity contribution is 0.761. The monoisotopic (exact) mass is 362 g/mol. The summed E-state index contributed by atoms with van der Waals surface area (Å²) in [6, 6.07) is 4.32. The first-order valence-corrected chi connectivity index (χ1v) is 7.85. The van der Waals surface area contributed by atoms with Crippen molar-refractivity contribution in [2.75, 3.05) is 5.32 Å². The fourth-order valence-corrected chi connectivity index (χ4v) is 3.99. The van der Waals surface area contributed by atoms with Crippen molar-refractivity contribution in [3.05, 3.63) is 42.7 Å². The molecule has 3 rings (SSSR count). The van der Waals surface area contributed by atoms with E-state index in [1.807, 2.05) is 6.07 Å². The van der Waals surface area contributed by atoms with E-state index >= 15 is 0 Å². The molecule has 1 unspecified atom stereocenters. The van der Waals surface area contributed by atoms with Crippen LogP contribution in [0.4, 0.5) is 5.69 Å². The van der Waals surface area contributed by atoms with Crippen molar-refractivity contribution in [1.82, 2.24) is 4.98 Å². The van der Waals surface area contributed by atoms with Crippen molar-refractivity contribution >= 4 is 56.2 Å². The van der Waals surface area contributed by atoms with E-state index in [2.05, 4.69) is 32.3 Å². The van der Waals surface area contributed by atoms with Gasteiger partial charge in [0, 0.05) is 4.88 Å². The molecule has 0 radical (unpaired) electrons. The molecule has 0 amide bonds. The summed E-state index contributed by atoms with van der Waals surface area (Å²) in [7, 11) is 0. The standard InChI is InChI=1S/C12H9BrCl2N2S/c13-8-3-6(5-16-12(8)15)17-9-1-2-10-7(9)4-11(14)18-10/h3-5,9,17H,1-2H2. The normalized spacial score (nSPS) is 17.8. The van der Waals surface area contributed by atoms with Crippen LogP contribution in [0.3, 0.4) is 0 Å². The van der Waals surface area contributed by atoms with Gasteiger partial charge >= 0.3 is 0 Å². The summed E-state index contributed by atoms with van der Waals surface area (Å²) < 4.78 is 1.66. The van der Waals surface area contributed by atoms with Gasteiger partial charge in [-0.2, -0.15) is 0 Å². The summed E-state index contributed by atoms with van der Waals surface area (Å²) in [5, 5.41) is 3.95. The van der Waals surface area contributed by atoms with Crippen LogP contribution in [0.25, 0.3) is 0 Å². The highest BCUT2D eigenvalue weighted by molar-refractivity contribution is 9.10. The number of aryl methyl sites for hydroxylation is 1. The third-order valence-corrected chi connectivity index (χ3v) is 5.46. The van der Waals surface area contributed by atoms with Gasteiger partial charge in [0.05, 0.1) is 26.7 Å². The zero-order valence-corrected chi connectivity index (χ0v) is 13.1. The number of hydrogen-bond donors (Lipinski definition) is 1. The molecule has 2 heterocycles. The van der Waals surface area contributed by atoms with Gasteiger partial charge in [0.2, 0.25) is 0 Å². The number of fused-ring (bicyclic) bond motifs is 1. The minimum atomic E-state index is 0.318. The zero-order valence-electron chi connectivity index (χ0n) is 9.21. The Labute approximate surface area is 127 Å². The smallest absolute Gasteiger partial charge is 0.143 e. The molecule has 0 saturated heterocycles. The first-order valence-electron chi connectivity index (χ1n) is 5.49. The van der Waals surface area contributed by atoms with Gasteiger partial charge < -0.3 is 5.32 Å². The van der Waals surface area contributed by atoms with E-state index in [-0.39, 0.29) is 0 Å². The highest BCUT2D eigenvalue weighted by atomic mass is 79.9. The number of anilines is 1. The molecule has 0 bridgehead atoms. The van der Waals surface area contributed by atoms with Crippen LogP contribution in [0.15, 0.2) is 22.8 Å². The Hall–Kier alpha value is -0.290. The summed E-state index contributed by atoms with van der Waals surface area (Å²) in [5.74, 6) is 0. The van der Waals surface area contributed by atoms with Crippen molar-refractivity contribution < 1.29 is 0 Å². The number of nitrogens with zero attached hydrogens (tertiary/aromatic N) is 1. The molecule has 0 saturated carbocycles. The fourth-order valence-electron chi connectivity index (χ4n) is 2.18. The Bertz CT molecular complexity index is 600. The highest BCUT2D eigenvalue weighted by Gasteiger charge is 2.25. The minimum absolute atomic E-state index is 0.318. The molecular formula is C12H9BrCl2N2S. The summed E-state index contributed by atoms with van der Waals surface area (Å²) in [5.41, 5.74) is 2.28. The Morgan fingerprint density at radius 3 is 3.00 bits per heavy atom. The lowest BCUT2D eigenvalue weighted by Crippen LogP contribution is -2.06. The van der Waals surface area contributed by atoms with Gasteiger partial charge in [-0.3, -0.25) is 0 Å². The summed E-state index contributed by atoms with van der Waals surface area (Å²) in [4.78, 5) is 5.50. The van der Waals surface area contributed by atoms with Gasteiger partial charge in [-0.05, 0) is 46.5 Å². The Morgan fingerprint density at radius 2 is 2.22 bits per heavy atom. The van der Waals surface area contributed by atoms with Crippen molar-refractivity contribution in [2.45, 2.75) is 18.9 Å². The van der Waals surface area contributed by atoms with Crippen LogP contribution < -0.4 is 5.32 Å². The van der Waals surface area contributed by atoms with Gasteiger partial charge in [0.15, 0.2) is 0 Å². The summed E-state index contributed by atoms with van der Waals surface area (Å²) in [6.45, 7) is 0. The third-order valence-electron chi connectivity index (χ3n) is 2.98. The number of halogens is 3. The second-order valence-electron chi connectivity index (χ2n) is 4.16. The molecule has 18 heavy (non-hydrogen) atoms. The van der Waals surface area contributed by atoms with Gasteiger partial charge in [-0.15, -0.1) is 11.3 Å². The molecule has 1 N–H and O–H groups in total. The number of aromatic nitrogens is 1. The SMILES string of the molecule is Clc1cc2c(s1)CCC2Nc1cnc(Cl)c(Br)c1. The second kappa shape index (κ2) is 5.00. The molecule has 1 aliphatic carbocycles. The van der Waals surface area contributed by atoms with E-state index in [0.717, 1.165) is 27.3 Å². The quantitative estimate of drug-likeness (QED) is 0.731. The van der Waals surface area contributed by atoms with Crippen LogP contribution in [-0.2, 0) is 6.42 Å². The number of thiophene rings is 1. The van der Waals surface area contributed by atoms with Crippen molar-refractivity contribution in [2.24, 2.45) is 0 Å². The number of pyridine rings is 1. The molecule has 0 aliphatic heterocycles. The molecule has 2 aromatic heterocycles. The Balaban J connectivity index is 1.83. The van der Waals surface area contributed by atoms with Crippen LogP contribution in [0, 0.1) is 0 Å². The molecule has 1 aliphatic rings. The second-order valence-corrected chi connectivity index (χ2v) is 7.14. The number of nitrogens with one attached hydrogen (secondary N) is 1. The predicted octanol–water partition coefficient (Wildman–Crippen LogP) is 5.31. The molecule has 1 atom stereocenters. The third kappa shape index (κ3) is 2.39. The topological polar surface area (TPSA) is 24.9 Å². The molecule has 6 heteroatoms. The minimum Gasteiger partial charge on any atom is -0.377 e. The molecule has 0 aromatic carbocycles. The van der Waals surface area contributed by atoms with E-state index in [9.17, 15) is 0 Å². The van der Waals surface area contributed by atoms with Crippen LogP contribution in [0.1, 0.15) is 22.9 Å². The van der Waals surface area contributed by atoms with E-state index in [0.29, 0.717) is 11.2 Å². The van der Waals surface area contributed by atoms with Gasteiger partial charge in [0.1, 0.15) is 5.15 Å². The lowest BCUT2D eigenvalue weighted by Gasteiger charge is -2.14. The molecule has 2 aromatic rings. The van der Waals surface area contributed by atoms with Gasteiger partial charge in [-0.25, -0.2) is 4.98 Å². The Kier molecular flexibility index (Phi) is 3.54. The summed E-state index contributed by atoms with van der Waals surface area (Å²) in [6.07, 6.45) is 3.93. The van der Waals surface area contributed by atoms with Gasteiger partial charge in [-0.1, -0.05) is 23.2 Å². The first-order chi connectivity index (χ1) is 8.63. The zero-order chi connectivity index (χ0) is 12.7. The average molecular weight is 364 g/mol. The van der Waals surface area contributed by atoms with E-state index in [1.165, 1.54) is 10.4 Å². The van der Waals surface area contributed by atoms with Crippen molar-refractivity contribution in [1.29, 1.82) is 0 Å². The summed E-state index contributed by atoms with van der Waals surface area (Å²) >= 11 is 17.0. The van der Waals surface area contributed by atoms with Crippen molar-refractivity contribution in [3.8, 4) is 0 Å². The molecule has 0 fully saturated rings. The fraction of sp³-hybridized carbons (Fsp3) is 0.250. The van der Waals surface area contributed by atoms with E-state index in [1.54, 1.807) is 17.5 Å². The molecule has 94 valence electrons. The average Bonchev–Trinajstić information content (AvgIpc) is 2.85. The van der Waals surface area contributed by atoms with Gasteiger partial charge in [0.25, 0.3) is 0 Å². The number of hydrogen-bond acceptors (Lipinski definition) is 3. The largest absolute Gasteiger partial charge is 0.377 e. The maximum atomic E-state index is 6.05. The van der Waals surface area contributed by atoms with E-state index in [4.69, 9.17) is 23.2 Å². The molecule has 2 nitrogen and oxygen atoms in total. The van der Waals surface area contributed by atoms with Crippen LogP contribution in [0.2, 0.25) is 9.49 Å². The predicted molar refractivity (Wildman–Crippen MR) is 81.0 cm³/mol. The molecule has 0 spiro atoms. The maximum Gasteiger partial charge on any atom is 0.143 e.